The Balaban J connectivity index is 1.21. The number of nitrogens with zero attached hydrogens (tertiary/aromatic N) is 3. The fraction of sp³-hybridized carbons (Fsp3) is 0.591. The first-order chi connectivity index (χ1) is 14.6. The van der Waals surface area contributed by atoms with E-state index in [0.717, 1.165) is 68.9 Å². The number of hydrogen-bond acceptors (Lipinski definition) is 6. The number of aromatic nitrogens is 1. The molecule has 4 rings (SSSR count). The minimum atomic E-state index is -0.353. The van der Waals surface area contributed by atoms with Crippen LogP contribution in [0.25, 0.3) is 10.2 Å². The summed E-state index contributed by atoms with van der Waals surface area (Å²) in [7, 11) is 0. The van der Waals surface area contributed by atoms with Crippen LogP contribution in [-0.2, 0) is 11.3 Å². The summed E-state index contributed by atoms with van der Waals surface area (Å²) in [5, 5.41) is 6.62. The Morgan fingerprint density at radius 3 is 2.60 bits per heavy atom. The van der Waals surface area contributed by atoms with Crippen LogP contribution in [-0.4, -0.2) is 65.0 Å². The van der Waals surface area contributed by atoms with Gasteiger partial charge in [-0.05, 0) is 31.9 Å². The van der Waals surface area contributed by atoms with Crippen molar-refractivity contribution in [3.05, 3.63) is 29.3 Å². The van der Waals surface area contributed by atoms with E-state index >= 15 is 0 Å². The maximum atomic E-state index is 12.5. The van der Waals surface area contributed by atoms with Gasteiger partial charge in [-0.3, -0.25) is 19.9 Å². The fourth-order valence-electron chi connectivity index (χ4n) is 4.34. The van der Waals surface area contributed by atoms with Gasteiger partial charge in [0.05, 0.1) is 22.8 Å². The van der Waals surface area contributed by atoms with Crippen molar-refractivity contribution in [2.45, 2.75) is 57.7 Å². The fourth-order valence-corrected chi connectivity index (χ4v) is 5.35. The summed E-state index contributed by atoms with van der Waals surface area (Å²) >= 11 is 1.75. The topological polar surface area (TPSA) is 77.6 Å². The predicted molar refractivity (Wildman–Crippen MR) is 119 cm³/mol. The van der Waals surface area contributed by atoms with E-state index in [1.165, 1.54) is 11.1 Å². The average molecular weight is 430 g/mol. The zero-order valence-electron chi connectivity index (χ0n) is 17.6. The molecule has 30 heavy (non-hydrogen) atoms. The highest BCUT2D eigenvalue weighted by atomic mass is 32.1. The molecule has 2 heterocycles. The van der Waals surface area contributed by atoms with Gasteiger partial charge >= 0.3 is 6.03 Å². The minimum absolute atomic E-state index is 0.202. The van der Waals surface area contributed by atoms with Crippen molar-refractivity contribution < 1.29 is 9.59 Å². The number of nitrogens with one attached hydrogen (secondary N) is 2. The number of carbonyl (C=O) groups excluding carboxylic acids is 2. The van der Waals surface area contributed by atoms with Crippen LogP contribution in [0.4, 0.5) is 4.79 Å². The zero-order chi connectivity index (χ0) is 20.9. The number of benzene rings is 1. The number of imide groups is 1. The smallest absolute Gasteiger partial charge is 0.321 e. The van der Waals surface area contributed by atoms with E-state index in [1.54, 1.807) is 11.3 Å². The summed E-state index contributed by atoms with van der Waals surface area (Å²) in [4.78, 5) is 34.0. The molecule has 1 aliphatic heterocycles. The lowest BCUT2D eigenvalue weighted by Gasteiger charge is -2.37. The number of fused-ring (bicyclic) bond motifs is 1. The molecular weight excluding hydrogens is 398 g/mol. The molecule has 162 valence electrons. The molecule has 1 aromatic carbocycles. The summed E-state index contributed by atoms with van der Waals surface area (Å²) < 4.78 is 1.22. The van der Waals surface area contributed by atoms with Crippen molar-refractivity contribution in [3.8, 4) is 0 Å². The molecule has 0 bridgehead atoms. The maximum Gasteiger partial charge on any atom is 0.321 e. The Labute approximate surface area is 181 Å². The second kappa shape index (κ2) is 9.85. The first kappa shape index (κ1) is 21.2. The van der Waals surface area contributed by atoms with Crippen LogP contribution >= 0.6 is 11.3 Å². The van der Waals surface area contributed by atoms with Crippen LogP contribution in [0, 0.1) is 0 Å². The molecule has 1 saturated carbocycles. The van der Waals surface area contributed by atoms with E-state index in [4.69, 9.17) is 4.98 Å². The summed E-state index contributed by atoms with van der Waals surface area (Å²) in [6.45, 7) is 6.13. The van der Waals surface area contributed by atoms with Crippen molar-refractivity contribution in [1.29, 1.82) is 0 Å². The zero-order valence-corrected chi connectivity index (χ0v) is 18.4. The first-order valence-electron chi connectivity index (χ1n) is 11.0. The molecule has 2 N–H and O–H groups in total. The second-order valence-electron chi connectivity index (χ2n) is 8.36. The number of thiazole rings is 1. The predicted octanol–water partition coefficient (Wildman–Crippen LogP) is 2.96. The lowest BCUT2D eigenvalue weighted by Crippen LogP contribution is -2.55. The molecule has 1 atom stereocenters. The van der Waals surface area contributed by atoms with Gasteiger partial charge < -0.3 is 5.32 Å². The summed E-state index contributed by atoms with van der Waals surface area (Å²) in [5.74, 6) is -0.220. The minimum Gasteiger partial charge on any atom is -0.335 e. The molecule has 3 amide bonds. The molecule has 2 aromatic rings. The number of hydrogen-bond donors (Lipinski definition) is 2. The van der Waals surface area contributed by atoms with E-state index < -0.39 is 0 Å². The van der Waals surface area contributed by atoms with Gasteiger partial charge in [-0.1, -0.05) is 31.4 Å². The Morgan fingerprint density at radius 2 is 1.87 bits per heavy atom. The van der Waals surface area contributed by atoms with Crippen LogP contribution in [0.5, 0.6) is 0 Å². The standard InChI is InChI=1S/C22H31N5O2S/c1-16(21(28)25-22(29)23-17-7-3-2-4-8-17)27-13-11-26(12-14-27)15-20-24-18-9-5-6-10-19(18)30-20/h5-6,9-10,16-17H,2-4,7-8,11-15H2,1H3,(H2,23,25,28,29)/t16-/m1/s1. The summed E-state index contributed by atoms with van der Waals surface area (Å²) in [6, 6.07) is 7.77. The summed E-state index contributed by atoms with van der Waals surface area (Å²) in [6.07, 6.45) is 5.55. The Morgan fingerprint density at radius 1 is 1.13 bits per heavy atom. The van der Waals surface area contributed by atoms with E-state index in [1.807, 2.05) is 19.1 Å². The second-order valence-corrected chi connectivity index (χ2v) is 9.48. The van der Waals surface area contributed by atoms with Crippen molar-refractivity contribution in [2.24, 2.45) is 0 Å². The molecule has 2 fully saturated rings. The van der Waals surface area contributed by atoms with Crippen molar-refractivity contribution in [3.63, 3.8) is 0 Å². The highest BCUT2D eigenvalue weighted by molar-refractivity contribution is 7.18. The summed E-state index contributed by atoms with van der Waals surface area (Å²) in [5.41, 5.74) is 1.06. The highest BCUT2D eigenvalue weighted by Crippen LogP contribution is 2.23. The highest BCUT2D eigenvalue weighted by Gasteiger charge is 2.27. The van der Waals surface area contributed by atoms with Gasteiger partial charge in [0, 0.05) is 32.2 Å². The molecule has 1 saturated heterocycles. The third-order valence-corrected chi connectivity index (χ3v) is 7.23. The molecule has 8 heteroatoms. The lowest BCUT2D eigenvalue weighted by atomic mass is 9.96. The largest absolute Gasteiger partial charge is 0.335 e. The van der Waals surface area contributed by atoms with Gasteiger partial charge in [-0.15, -0.1) is 11.3 Å². The number of urea groups is 1. The number of piperazine rings is 1. The van der Waals surface area contributed by atoms with E-state index in [2.05, 4.69) is 32.6 Å². The third kappa shape index (κ3) is 5.36. The lowest BCUT2D eigenvalue weighted by molar-refractivity contribution is -0.125. The monoisotopic (exact) mass is 429 g/mol. The van der Waals surface area contributed by atoms with Gasteiger partial charge in [0.25, 0.3) is 0 Å². The van der Waals surface area contributed by atoms with E-state index in [-0.39, 0.29) is 24.0 Å². The van der Waals surface area contributed by atoms with E-state index in [9.17, 15) is 9.59 Å². The van der Waals surface area contributed by atoms with Crippen molar-refractivity contribution >= 4 is 33.5 Å². The van der Waals surface area contributed by atoms with Crippen LogP contribution in [0.15, 0.2) is 24.3 Å². The number of para-hydroxylation sites is 1. The third-order valence-electron chi connectivity index (χ3n) is 6.21. The molecule has 0 unspecified atom stereocenters. The molecule has 2 aliphatic rings. The van der Waals surface area contributed by atoms with Gasteiger partial charge in [0.15, 0.2) is 0 Å². The van der Waals surface area contributed by atoms with Crippen LogP contribution in [0.3, 0.4) is 0 Å². The normalized spacial score (nSPS) is 20.2. The molecular formula is C22H31N5O2S. The van der Waals surface area contributed by atoms with Crippen molar-refractivity contribution in [2.75, 3.05) is 26.2 Å². The first-order valence-corrected chi connectivity index (χ1v) is 11.8. The van der Waals surface area contributed by atoms with Crippen LogP contribution < -0.4 is 10.6 Å². The van der Waals surface area contributed by atoms with Crippen LogP contribution in [0.1, 0.15) is 44.0 Å². The van der Waals surface area contributed by atoms with E-state index in [0.29, 0.717) is 0 Å². The van der Waals surface area contributed by atoms with Gasteiger partial charge in [0.2, 0.25) is 5.91 Å². The van der Waals surface area contributed by atoms with Gasteiger partial charge in [0.1, 0.15) is 5.01 Å². The Kier molecular flexibility index (Phi) is 6.97. The number of rotatable bonds is 5. The Hall–Kier alpha value is -2.03. The average Bonchev–Trinajstić information content (AvgIpc) is 3.16. The molecule has 0 spiro atoms. The SMILES string of the molecule is C[C@H](C(=O)NC(=O)NC1CCCCC1)N1CCN(Cc2nc3ccccc3s2)CC1. The van der Waals surface area contributed by atoms with Crippen molar-refractivity contribution in [1.82, 2.24) is 25.4 Å². The molecule has 0 radical (unpaired) electrons. The number of carbonyl (C=O) groups is 2. The quantitative estimate of drug-likeness (QED) is 0.764. The maximum absolute atomic E-state index is 12.5. The molecule has 7 nitrogen and oxygen atoms in total. The number of amides is 3. The van der Waals surface area contributed by atoms with Gasteiger partial charge in [-0.2, -0.15) is 0 Å². The van der Waals surface area contributed by atoms with Crippen LogP contribution in [0.2, 0.25) is 0 Å². The van der Waals surface area contributed by atoms with Gasteiger partial charge in [-0.25, -0.2) is 9.78 Å². The Bertz CT molecular complexity index is 838. The molecule has 1 aliphatic carbocycles. The molecule has 1 aromatic heterocycles.